The summed E-state index contributed by atoms with van der Waals surface area (Å²) in [5, 5.41) is -0.382. The lowest BCUT2D eigenvalue weighted by atomic mass is 10.2. The van der Waals surface area contributed by atoms with E-state index in [0.717, 1.165) is 0 Å². The predicted molar refractivity (Wildman–Crippen MR) is 42.8 cm³/mol. The molecule has 0 spiro atoms. The van der Waals surface area contributed by atoms with E-state index >= 15 is 0 Å². The molecule has 1 rings (SSSR count). The zero-order valence-electron chi connectivity index (χ0n) is 6.71. The third-order valence-corrected chi connectivity index (χ3v) is 1.91. The fourth-order valence-corrected chi connectivity index (χ4v) is 1.46. The molecule has 0 aromatic rings. The van der Waals surface area contributed by atoms with Gasteiger partial charge < -0.3 is 9.64 Å². The number of rotatable bonds is 0. The number of morpholine rings is 1. The lowest BCUT2D eigenvalue weighted by Crippen LogP contribution is -2.46. The highest BCUT2D eigenvalue weighted by Crippen LogP contribution is 2.11. The molecule has 1 amide bonds. The fraction of sp³-hybridized carbons (Fsp3) is 0.857. The first-order valence-electron chi connectivity index (χ1n) is 3.69. The maximum Gasteiger partial charge on any atom is 0.316 e. The van der Waals surface area contributed by atoms with Crippen molar-refractivity contribution in [3.8, 4) is 0 Å². The van der Waals surface area contributed by atoms with Crippen LogP contribution >= 0.6 is 11.6 Å². The molecule has 11 heavy (non-hydrogen) atoms. The minimum absolute atomic E-state index is 0.0986. The Bertz CT molecular complexity index is 153. The number of hydrogen-bond acceptors (Lipinski definition) is 2. The van der Waals surface area contributed by atoms with E-state index in [4.69, 9.17) is 16.3 Å². The van der Waals surface area contributed by atoms with Crippen molar-refractivity contribution in [2.24, 2.45) is 0 Å². The van der Waals surface area contributed by atoms with Crippen LogP contribution < -0.4 is 0 Å². The van der Waals surface area contributed by atoms with E-state index in [0.29, 0.717) is 13.1 Å². The molecule has 1 aliphatic heterocycles. The van der Waals surface area contributed by atoms with Crippen molar-refractivity contribution < 1.29 is 9.53 Å². The van der Waals surface area contributed by atoms with E-state index in [1.54, 1.807) is 4.90 Å². The van der Waals surface area contributed by atoms with Gasteiger partial charge in [0, 0.05) is 13.1 Å². The zero-order valence-corrected chi connectivity index (χ0v) is 7.47. The summed E-state index contributed by atoms with van der Waals surface area (Å²) in [6.45, 7) is 5.07. The van der Waals surface area contributed by atoms with Gasteiger partial charge in [0.2, 0.25) is 0 Å². The van der Waals surface area contributed by atoms with Gasteiger partial charge in [-0.1, -0.05) is 0 Å². The number of halogens is 1. The van der Waals surface area contributed by atoms with Crippen LogP contribution in [0.2, 0.25) is 0 Å². The molecule has 0 aromatic carbocycles. The van der Waals surface area contributed by atoms with E-state index < -0.39 is 0 Å². The average Bonchev–Trinajstić information content (AvgIpc) is 1.85. The van der Waals surface area contributed by atoms with Crippen molar-refractivity contribution >= 4 is 17.0 Å². The Balaban J connectivity index is 2.49. The summed E-state index contributed by atoms with van der Waals surface area (Å²) in [6, 6.07) is 0. The Labute approximate surface area is 71.3 Å². The van der Waals surface area contributed by atoms with Gasteiger partial charge in [-0.25, -0.2) is 0 Å². The van der Waals surface area contributed by atoms with Crippen LogP contribution in [0.4, 0.5) is 4.79 Å². The first-order valence-corrected chi connectivity index (χ1v) is 4.07. The van der Waals surface area contributed by atoms with Crippen LogP contribution in [0, 0.1) is 0 Å². The van der Waals surface area contributed by atoms with E-state index in [2.05, 4.69) is 0 Å². The highest BCUT2D eigenvalue weighted by atomic mass is 35.5. The second-order valence-corrected chi connectivity index (χ2v) is 3.24. The van der Waals surface area contributed by atoms with Gasteiger partial charge in [-0.3, -0.25) is 4.79 Å². The van der Waals surface area contributed by atoms with Gasteiger partial charge in [0.05, 0.1) is 12.2 Å². The zero-order chi connectivity index (χ0) is 8.43. The second kappa shape index (κ2) is 3.41. The van der Waals surface area contributed by atoms with Crippen LogP contribution in [0.1, 0.15) is 13.8 Å². The molecule has 1 saturated heterocycles. The van der Waals surface area contributed by atoms with Crippen LogP contribution in [-0.4, -0.2) is 35.6 Å². The molecule has 1 heterocycles. The van der Waals surface area contributed by atoms with Crippen molar-refractivity contribution in [3.05, 3.63) is 0 Å². The van der Waals surface area contributed by atoms with Crippen LogP contribution in [-0.2, 0) is 4.74 Å². The normalized spacial score (nSPS) is 32.1. The largest absolute Gasteiger partial charge is 0.372 e. The summed E-state index contributed by atoms with van der Waals surface area (Å²) in [7, 11) is 0. The molecule has 0 unspecified atom stereocenters. The highest BCUT2D eigenvalue weighted by molar-refractivity contribution is 6.62. The maximum atomic E-state index is 10.7. The molecule has 3 nitrogen and oxygen atoms in total. The average molecular weight is 178 g/mol. The summed E-state index contributed by atoms with van der Waals surface area (Å²) < 4.78 is 5.41. The number of carbonyl (C=O) groups is 1. The van der Waals surface area contributed by atoms with Crippen molar-refractivity contribution in [2.75, 3.05) is 13.1 Å². The Morgan fingerprint density at radius 1 is 1.45 bits per heavy atom. The first-order chi connectivity index (χ1) is 5.09. The lowest BCUT2D eigenvalue weighted by Gasteiger charge is -2.33. The molecule has 0 radical (unpaired) electrons. The number of ether oxygens (including phenoxy) is 1. The van der Waals surface area contributed by atoms with Gasteiger partial charge in [-0.2, -0.15) is 0 Å². The highest BCUT2D eigenvalue weighted by Gasteiger charge is 2.24. The molecule has 0 aromatic heterocycles. The summed E-state index contributed by atoms with van der Waals surface area (Å²) in [5.74, 6) is 0. The Morgan fingerprint density at radius 3 is 2.27 bits per heavy atom. The van der Waals surface area contributed by atoms with Crippen LogP contribution in [0.5, 0.6) is 0 Å². The van der Waals surface area contributed by atoms with Crippen LogP contribution in [0.25, 0.3) is 0 Å². The SMILES string of the molecule is C[C@@H]1CN(C(=O)Cl)C[C@@H](C)O1. The van der Waals surface area contributed by atoms with Gasteiger partial charge in [-0.05, 0) is 25.4 Å². The molecule has 4 heteroatoms. The van der Waals surface area contributed by atoms with Crippen molar-refractivity contribution in [2.45, 2.75) is 26.1 Å². The summed E-state index contributed by atoms with van der Waals surface area (Å²) >= 11 is 5.32. The van der Waals surface area contributed by atoms with Crippen molar-refractivity contribution in [1.82, 2.24) is 4.90 Å². The number of amides is 1. The van der Waals surface area contributed by atoms with Gasteiger partial charge in [0.25, 0.3) is 0 Å². The quantitative estimate of drug-likeness (QED) is 0.414. The summed E-state index contributed by atoms with van der Waals surface area (Å²) in [5.41, 5.74) is 0. The first kappa shape index (κ1) is 8.81. The maximum absolute atomic E-state index is 10.7. The van der Waals surface area contributed by atoms with Crippen LogP contribution in [0.15, 0.2) is 0 Å². The molecular weight excluding hydrogens is 166 g/mol. The van der Waals surface area contributed by atoms with E-state index in [-0.39, 0.29) is 17.6 Å². The third-order valence-electron chi connectivity index (χ3n) is 1.67. The van der Waals surface area contributed by atoms with Crippen molar-refractivity contribution in [1.29, 1.82) is 0 Å². The molecule has 1 aliphatic rings. The third kappa shape index (κ3) is 2.34. The van der Waals surface area contributed by atoms with Gasteiger partial charge in [0.1, 0.15) is 0 Å². The topological polar surface area (TPSA) is 29.5 Å². The minimum Gasteiger partial charge on any atom is -0.372 e. The minimum atomic E-state index is -0.382. The van der Waals surface area contributed by atoms with Gasteiger partial charge >= 0.3 is 5.37 Å². The van der Waals surface area contributed by atoms with Crippen molar-refractivity contribution in [3.63, 3.8) is 0 Å². The molecule has 64 valence electrons. The van der Waals surface area contributed by atoms with Gasteiger partial charge in [0.15, 0.2) is 0 Å². The molecule has 1 fully saturated rings. The number of hydrogen-bond donors (Lipinski definition) is 0. The Kier molecular flexibility index (Phi) is 2.73. The molecule has 0 N–H and O–H groups in total. The number of carbonyl (C=O) groups excluding carboxylic acids is 1. The Hall–Kier alpha value is -0.280. The smallest absolute Gasteiger partial charge is 0.316 e. The van der Waals surface area contributed by atoms with E-state index in [1.807, 2.05) is 13.8 Å². The van der Waals surface area contributed by atoms with Gasteiger partial charge in [-0.15, -0.1) is 0 Å². The molecule has 2 atom stereocenters. The predicted octanol–water partition coefficient (Wildman–Crippen LogP) is 1.45. The monoisotopic (exact) mass is 177 g/mol. The fourth-order valence-electron chi connectivity index (χ4n) is 1.32. The standard InChI is InChI=1S/C7H12ClNO2/c1-5-3-9(7(8)10)4-6(2)11-5/h5-6H,3-4H2,1-2H3/t5-,6-/m1/s1. The summed E-state index contributed by atoms with van der Waals surface area (Å²) in [6.07, 6.45) is 0.197. The molecule has 0 bridgehead atoms. The second-order valence-electron chi connectivity index (χ2n) is 2.92. The molecule has 0 saturated carbocycles. The van der Waals surface area contributed by atoms with Crippen LogP contribution in [0.3, 0.4) is 0 Å². The number of nitrogens with zero attached hydrogens (tertiary/aromatic N) is 1. The molecule has 0 aliphatic carbocycles. The Morgan fingerprint density at radius 2 is 1.91 bits per heavy atom. The van der Waals surface area contributed by atoms with E-state index in [9.17, 15) is 4.79 Å². The lowest BCUT2D eigenvalue weighted by molar-refractivity contribution is -0.0517. The molecular formula is C7H12ClNO2. The van der Waals surface area contributed by atoms with E-state index in [1.165, 1.54) is 0 Å². The summed E-state index contributed by atoms with van der Waals surface area (Å²) in [4.78, 5) is 12.3.